The van der Waals surface area contributed by atoms with Gasteiger partial charge >= 0.3 is 0 Å². The first-order chi connectivity index (χ1) is 22.3. The van der Waals surface area contributed by atoms with Crippen LogP contribution in [0.2, 0.25) is 0 Å². The van der Waals surface area contributed by atoms with E-state index in [0.29, 0.717) is 51.2 Å². The summed E-state index contributed by atoms with van der Waals surface area (Å²) in [4.78, 5) is 56.9. The second-order valence-corrected chi connectivity index (χ2v) is 12.9. The third-order valence-electron chi connectivity index (χ3n) is 8.87. The maximum absolute atomic E-state index is 12.3. The van der Waals surface area contributed by atoms with Crippen LogP contribution in [-0.2, 0) is 32.1 Å². The molecule has 0 unspecified atom stereocenters. The molecule has 2 aliphatic rings. The number of nitrogens with one attached hydrogen (secondary N) is 3. The van der Waals surface area contributed by atoms with E-state index in [4.69, 9.17) is 0 Å². The highest BCUT2D eigenvalue weighted by molar-refractivity contribution is 7.98. The van der Waals surface area contributed by atoms with Gasteiger partial charge < -0.3 is 20.7 Å². The summed E-state index contributed by atoms with van der Waals surface area (Å²) in [5.74, 6) is -0.0987. The number of piperazine rings is 1. The first-order valence-electron chi connectivity index (χ1n) is 16.7. The number of nitrogens with zero attached hydrogens (tertiary/aromatic N) is 3. The lowest BCUT2D eigenvalue weighted by atomic mass is 10.1. The molecular weight excluding hydrogens is 604 g/mol. The first-order valence-corrected chi connectivity index (χ1v) is 17.9. The quantitative estimate of drug-likeness (QED) is 0.103. The number of phenolic OH excluding ortho intramolecular Hbond substituents is 1. The monoisotopic (exact) mass is 654 g/mol. The fourth-order valence-electron chi connectivity index (χ4n) is 6.15. The van der Waals surface area contributed by atoms with Crippen molar-refractivity contribution in [3.63, 3.8) is 0 Å². The molecule has 46 heavy (non-hydrogen) atoms. The Morgan fingerprint density at radius 3 is 2.11 bits per heavy atom. The summed E-state index contributed by atoms with van der Waals surface area (Å²) in [5, 5.41) is 19.0. The van der Waals surface area contributed by atoms with Crippen LogP contribution in [0.15, 0.2) is 29.3 Å². The number of aromatic hydroxyl groups is 1. The summed E-state index contributed by atoms with van der Waals surface area (Å²) < 4.78 is 0. The zero-order valence-corrected chi connectivity index (χ0v) is 28.2. The Kier molecular flexibility index (Phi) is 14.0. The van der Waals surface area contributed by atoms with Crippen LogP contribution in [0.25, 0.3) is 10.9 Å². The highest BCUT2D eigenvalue weighted by Crippen LogP contribution is 2.35. The van der Waals surface area contributed by atoms with E-state index < -0.39 is 0 Å². The van der Waals surface area contributed by atoms with Crippen molar-refractivity contribution in [2.75, 3.05) is 58.6 Å². The summed E-state index contributed by atoms with van der Waals surface area (Å²) in [6.07, 6.45) is 11.2. The molecule has 3 heterocycles. The zero-order chi connectivity index (χ0) is 32.9. The maximum atomic E-state index is 12.3. The van der Waals surface area contributed by atoms with Crippen molar-refractivity contribution < 1.29 is 24.3 Å². The molecule has 11 nitrogen and oxygen atoms in total. The normalized spacial score (nSPS) is 15.7. The van der Waals surface area contributed by atoms with Gasteiger partial charge in [-0.3, -0.25) is 33.9 Å². The number of benzene rings is 1. The predicted molar refractivity (Wildman–Crippen MR) is 182 cm³/mol. The lowest BCUT2D eigenvalue weighted by Gasteiger charge is -2.34. The van der Waals surface area contributed by atoms with Gasteiger partial charge in [0.25, 0.3) is 11.8 Å². The Labute approximate surface area is 276 Å². The van der Waals surface area contributed by atoms with Gasteiger partial charge in [-0.2, -0.15) is 0 Å². The van der Waals surface area contributed by atoms with Gasteiger partial charge in [0.2, 0.25) is 11.8 Å². The number of carbonyl (C=O) groups is 4. The number of phenols is 1. The second kappa shape index (κ2) is 18.1. The minimum Gasteiger partial charge on any atom is -0.508 e. The van der Waals surface area contributed by atoms with Crippen molar-refractivity contribution in [3.8, 4) is 5.75 Å². The molecule has 0 spiro atoms. The van der Waals surface area contributed by atoms with Crippen LogP contribution in [-0.4, -0.2) is 107 Å². The Morgan fingerprint density at radius 2 is 1.46 bits per heavy atom. The molecule has 1 fully saturated rings. The molecule has 0 radical (unpaired) electrons. The number of aryl methyl sites for hydroxylation is 1. The molecule has 4 N–H and O–H groups in total. The van der Waals surface area contributed by atoms with E-state index in [9.17, 15) is 24.3 Å². The summed E-state index contributed by atoms with van der Waals surface area (Å²) in [5.41, 5.74) is 3.33. The fraction of sp³-hybridized carbons (Fsp3) is 0.588. The largest absolute Gasteiger partial charge is 0.508 e. The standard InChI is InChI=1S/C34H50N6O5S/c1-3-25-26-12-13-28(41)27(33(26)37-34(25)46-2)24-39-22-20-38(21-23-39)19-17-36-30(43)10-6-4-8-16-35-29(42)11-7-5-9-18-40-31(44)14-15-32(40)45/h12-15,37,41H,3-11,16-24H2,1-2H3,(H,35,42)(H,36,43). The molecule has 2 aromatic rings. The van der Waals surface area contributed by atoms with Crippen molar-refractivity contribution in [2.24, 2.45) is 0 Å². The average molecular weight is 655 g/mol. The number of hydrogen-bond donors (Lipinski definition) is 4. The van der Waals surface area contributed by atoms with Crippen LogP contribution in [0.4, 0.5) is 0 Å². The van der Waals surface area contributed by atoms with E-state index in [0.717, 1.165) is 82.3 Å². The Bertz CT molecular complexity index is 1370. The second-order valence-electron chi connectivity index (χ2n) is 12.1. The number of hydrogen-bond acceptors (Lipinski definition) is 8. The van der Waals surface area contributed by atoms with Crippen molar-refractivity contribution in [1.29, 1.82) is 0 Å². The molecule has 0 saturated carbocycles. The highest BCUT2D eigenvalue weighted by Gasteiger charge is 2.23. The molecule has 4 amide bonds. The molecule has 0 aliphatic carbocycles. The number of aromatic nitrogens is 1. The molecule has 0 atom stereocenters. The van der Waals surface area contributed by atoms with E-state index in [1.165, 1.54) is 33.0 Å². The number of rotatable bonds is 19. The number of aromatic amines is 1. The molecule has 1 aromatic heterocycles. The van der Waals surface area contributed by atoms with Gasteiger partial charge in [0.05, 0.1) is 10.5 Å². The van der Waals surface area contributed by atoms with Gasteiger partial charge in [0.1, 0.15) is 5.75 Å². The number of H-pyrrole nitrogens is 1. The average Bonchev–Trinajstić information content (AvgIpc) is 3.58. The lowest BCUT2D eigenvalue weighted by Crippen LogP contribution is -2.48. The van der Waals surface area contributed by atoms with E-state index in [-0.39, 0.29) is 23.6 Å². The van der Waals surface area contributed by atoms with Gasteiger partial charge in [0, 0.05) is 94.8 Å². The third-order valence-corrected chi connectivity index (χ3v) is 9.63. The van der Waals surface area contributed by atoms with Crippen LogP contribution in [0.1, 0.15) is 69.4 Å². The number of amides is 4. The molecule has 252 valence electrons. The Morgan fingerprint density at radius 1 is 0.826 bits per heavy atom. The molecule has 1 saturated heterocycles. The van der Waals surface area contributed by atoms with Gasteiger partial charge in [-0.1, -0.05) is 19.8 Å². The molecule has 0 bridgehead atoms. The third kappa shape index (κ3) is 10.1. The fourth-order valence-corrected chi connectivity index (χ4v) is 6.86. The minimum absolute atomic E-state index is 0.0138. The predicted octanol–water partition coefficient (Wildman–Crippen LogP) is 3.55. The molecule has 4 rings (SSSR count). The van der Waals surface area contributed by atoms with Crippen molar-refractivity contribution in [3.05, 3.63) is 35.4 Å². The zero-order valence-electron chi connectivity index (χ0n) is 27.4. The number of fused-ring (bicyclic) bond motifs is 1. The van der Waals surface area contributed by atoms with Crippen LogP contribution in [0, 0.1) is 0 Å². The SMILES string of the molecule is CCc1c(SC)[nH]c2c(CN3CCN(CCNC(=O)CCCCCNC(=O)CCCCCN4C(=O)C=CC4=O)CC3)c(O)ccc12. The Balaban J connectivity index is 1.00. The van der Waals surface area contributed by atoms with E-state index in [2.05, 4.69) is 38.6 Å². The van der Waals surface area contributed by atoms with E-state index in [1.807, 2.05) is 12.1 Å². The summed E-state index contributed by atoms with van der Waals surface area (Å²) >= 11 is 1.71. The highest BCUT2D eigenvalue weighted by atomic mass is 32.2. The number of carbonyl (C=O) groups excluding carboxylic acids is 4. The van der Waals surface area contributed by atoms with Crippen molar-refractivity contribution >= 4 is 46.3 Å². The molecule has 1 aromatic carbocycles. The van der Waals surface area contributed by atoms with Crippen molar-refractivity contribution in [1.82, 2.24) is 30.3 Å². The minimum atomic E-state index is -0.262. The molecular formula is C34H50N6O5S. The maximum Gasteiger partial charge on any atom is 0.253 e. The summed E-state index contributed by atoms with van der Waals surface area (Å²) in [6, 6.07) is 3.84. The van der Waals surface area contributed by atoms with Gasteiger partial charge in [-0.15, -0.1) is 11.8 Å². The lowest BCUT2D eigenvalue weighted by molar-refractivity contribution is -0.137. The van der Waals surface area contributed by atoms with Crippen LogP contribution >= 0.6 is 11.8 Å². The van der Waals surface area contributed by atoms with Crippen LogP contribution in [0.3, 0.4) is 0 Å². The topological polar surface area (TPSA) is 138 Å². The van der Waals surface area contributed by atoms with E-state index in [1.54, 1.807) is 11.8 Å². The van der Waals surface area contributed by atoms with Crippen LogP contribution in [0.5, 0.6) is 5.75 Å². The van der Waals surface area contributed by atoms with Gasteiger partial charge in [-0.25, -0.2) is 0 Å². The van der Waals surface area contributed by atoms with Crippen LogP contribution < -0.4 is 10.6 Å². The summed E-state index contributed by atoms with van der Waals surface area (Å²) in [7, 11) is 0. The summed E-state index contributed by atoms with van der Waals surface area (Å²) in [6.45, 7) is 9.03. The molecule has 12 heteroatoms. The van der Waals surface area contributed by atoms with Gasteiger partial charge in [0.15, 0.2) is 0 Å². The Hall–Kier alpha value is -3.35. The van der Waals surface area contributed by atoms with E-state index >= 15 is 0 Å². The molecule has 2 aliphatic heterocycles. The number of thioether (sulfide) groups is 1. The number of unbranched alkanes of at least 4 members (excludes halogenated alkanes) is 4. The number of imide groups is 1. The van der Waals surface area contributed by atoms with Crippen molar-refractivity contribution in [2.45, 2.75) is 76.3 Å². The van der Waals surface area contributed by atoms with Gasteiger partial charge in [-0.05, 0) is 56.1 Å². The first kappa shape index (κ1) is 35.5. The smallest absolute Gasteiger partial charge is 0.253 e.